The lowest BCUT2D eigenvalue weighted by molar-refractivity contribution is 0.573. The van der Waals surface area contributed by atoms with Crippen molar-refractivity contribution in [3.63, 3.8) is 0 Å². The van der Waals surface area contributed by atoms with Crippen molar-refractivity contribution in [2.24, 2.45) is 0 Å². The van der Waals surface area contributed by atoms with Gasteiger partial charge < -0.3 is 0 Å². The number of nitriles is 1. The number of benzene rings is 2. The number of rotatable bonds is 5. The minimum atomic E-state index is -3.70. The third-order valence-electron chi connectivity index (χ3n) is 4.55. The Bertz CT molecular complexity index is 880. The number of sulfone groups is 1. The molecule has 0 spiro atoms. The molecule has 0 heterocycles. The number of hydrogen-bond acceptors (Lipinski definition) is 3. The van der Waals surface area contributed by atoms with E-state index < -0.39 is 14.6 Å². The monoisotopic (exact) mass is 337 g/mol. The van der Waals surface area contributed by atoms with Crippen LogP contribution in [-0.4, -0.2) is 13.2 Å². The highest BCUT2D eigenvalue weighted by Crippen LogP contribution is 2.39. The van der Waals surface area contributed by atoms with E-state index in [1.165, 1.54) is 5.56 Å². The maximum absolute atomic E-state index is 12.9. The van der Waals surface area contributed by atoms with Crippen LogP contribution in [0.3, 0.4) is 0 Å². The van der Waals surface area contributed by atoms with Gasteiger partial charge in [0.15, 0.2) is 4.75 Å². The lowest BCUT2D eigenvalue weighted by atomic mass is 10.0. The Balaban J connectivity index is 1.84. The van der Waals surface area contributed by atoms with Crippen molar-refractivity contribution < 1.29 is 8.42 Å². The molecule has 0 aromatic heterocycles. The number of hydrogen-bond donors (Lipinski definition) is 0. The zero-order chi connectivity index (χ0) is 17.0. The van der Waals surface area contributed by atoms with E-state index in [2.05, 4.69) is 18.2 Å². The van der Waals surface area contributed by atoms with E-state index >= 15 is 0 Å². The van der Waals surface area contributed by atoms with E-state index in [4.69, 9.17) is 0 Å². The quantitative estimate of drug-likeness (QED) is 0.773. The van der Waals surface area contributed by atoms with Gasteiger partial charge in [0, 0.05) is 0 Å². The molecule has 2 aromatic rings. The Hall–Kier alpha value is -2.38. The van der Waals surface area contributed by atoms with Gasteiger partial charge >= 0.3 is 0 Å². The summed E-state index contributed by atoms with van der Waals surface area (Å²) in [4.78, 5) is 0.215. The van der Waals surface area contributed by atoms with Crippen molar-refractivity contribution in [2.75, 3.05) is 0 Å². The SMILES string of the molecule is N#C[C@@]1(S(=O)(=O)c2ccccc2)C=C(CCc2ccccc2)CC1. The predicted molar refractivity (Wildman–Crippen MR) is 94.1 cm³/mol. The highest BCUT2D eigenvalue weighted by atomic mass is 32.2. The summed E-state index contributed by atoms with van der Waals surface area (Å²) in [5, 5.41) is 9.64. The molecule has 1 aliphatic carbocycles. The first-order valence-corrected chi connectivity index (χ1v) is 9.51. The van der Waals surface area contributed by atoms with Gasteiger partial charge in [-0.2, -0.15) is 5.26 Å². The second-order valence-corrected chi connectivity index (χ2v) is 8.31. The van der Waals surface area contributed by atoms with Crippen LogP contribution in [-0.2, 0) is 16.3 Å². The number of aryl methyl sites for hydroxylation is 1. The first kappa shape index (κ1) is 16.5. The average Bonchev–Trinajstić information content (AvgIpc) is 3.07. The molecule has 3 rings (SSSR count). The molecule has 0 unspecified atom stereocenters. The Kier molecular flexibility index (Phi) is 4.55. The fourth-order valence-electron chi connectivity index (χ4n) is 3.14. The number of nitrogens with zero attached hydrogens (tertiary/aromatic N) is 1. The van der Waals surface area contributed by atoms with Crippen molar-refractivity contribution in [1.29, 1.82) is 5.26 Å². The van der Waals surface area contributed by atoms with Gasteiger partial charge in [-0.05, 0) is 49.5 Å². The fourth-order valence-corrected chi connectivity index (χ4v) is 4.89. The maximum atomic E-state index is 12.9. The lowest BCUT2D eigenvalue weighted by Crippen LogP contribution is -2.33. The number of allylic oxidation sites excluding steroid dienone is 1. The van der Waals surface area contributed by atoms with E-state index in [0.29, 0.717) is 12.8 Å². The molecule has 2 aromatic carbocycles. The highest BCUT2D eigenvalue weighted by Gasteiger charge is 2.46. The van der Waals surface area contributed by atoms with Crippen LogP contribution in [0.2, 0.25) is 0 Å². The summed E-state index contributed by atoms with van der Waals surface area (Å²) in [6, 6.07) is 20.4. The van der Waals surface area contributed by atoms with E-state index in [9.17, 15) is 13.7 Å². The van der Waals surface area contributed by atoms with Gasteiger partial charge in [-0.3, -0.25) is 0 Å². The Morgan fingerprint density at radius 1 is 0.958 bits per heavy atom. The van der Waals surface area contributed by atoms with Crippen molar-refractivity contribution in [3.8, 4) is 6.07 Å². The van der Waals surface area contributed by atoms with E-state index in [0.717, 1.165) is 18.4 Å². The third-order valence-corrected chi connectivity index (χ3v) is 6.82. The molecule has 24 heavy (non-hydrogen) atoms. The predicted octanol–water partition coefficient (Wildman–Crippen LogP) is 4.08. The minimum Gasteiger partial charge on any atom is -0.222 e. The van der Waals surface area contributed by atoms with Gasteiger partial charge in [-0.15, -0.1) is 0 Å². The Labute approximate surface area is 143 Å². The minimum absolute atomic E-state index is 0.215. The first-order valence-electron chi connectivity index (χ1n) is 8.03. The molecule has 1 atom stereocenters. The van der Waals surface area contributed by atoms with E-state index in [1.54, 1.807) is 36.4 Å². The van der Waals surface area contributed by atoms with Crippen molar-refractivity contribution in [2.45, 2.75) is 35.3 Å². The van der Waals surface area contributed by atoms with Crippen molar-refractivity contribution >= 4 is 9.84 Å². The van der Waals surface area contributed by atoms with Crippen LogP contribution >= 0.6 is 0 Å². The third kappa shape index (κ3) is 3.00. The normalized spacial score (nSPS) is 20.4. The summed E-state index contributed by atoms with van der Waals surface area (Å²) < 4.78 is 24.5. The first-order chi connectivity index (χ1) is 11.6. The molecule has 0 N–H and O–H groups in total. The average molecular weight is 337 g/mol. The summed E-state index contributed by atoms with van der Waals surface area (Å²) >= 11 is 0. The van der Waals surface area contributed by atoms with Gasteiger partial charge in [0.1, 0.15) is 0 Å². The molecular formula is C20H19NO2S. The van der Waals surface area contributed by atoms with Crippen molar-refractivity contribution in [3.05, 3.63) is 77.9 Å². The molecule has 0 radical (unpaired) electrons. The highest BCUT2D eigenvalue weighted by molar-refractivity contribution is 7.93. The van der Waals surface area contributed by atoms with Gasteiger partial charge in [0.25, 0.3) is 0 Å². The largest absolute Gasteiger partial charge is 0.222 e. The molecule has 122 valence electrons. The topological polar surface area (TPSA) is 57.9 Å². The summed E-state index contributed by atoms with van der Waals surface area (Å²) in [6.45, 7) is 0. The summed E-state index contributed by atoms with van der Waals surface area (Å²) in [5.74, 6) is 0. The molecule has 3 nitrogen and oxygen atoms in total. The van der Waals surface area contributed by atoms with Gasteiger partial charge in [0.2, 0.25) is 9.84 Å². The van der Waals surface area contributed by atoms with E-state index in [-0.39, 0.29) is 4.90 Å². The van der Waals surface area contributed by atoms with Gasteiger partial charge in [-0.1, -0.05) is 54.1 Å². The van der Waals surface area contributed by atoms with Crippen LogP contribution in [0.25, 0.3) is 0 Å². The zero-order valence-electron chi connectivity index (χ0n) is 13.4. The standard InChI is InChI=1S/C20H19NO2S/c21-16-20(24(22,23)19-9-5-2-6-10-19)14-13-18(15-20)12-11-17-7-3-1-4-8-17/h1-10,15H,11-14H2/t20-/m0/s1. The molecule has 0 amide bonds. The zero-order valence-corrected chi connectivity index (χ0v) is 14.2. The molecule has 0 fully saturated rings. The van der Waals surface area contributed by atoms with Crippen LogP contribution in [0.5, 0.6) is 0 Å². The molecular weight excluding hydrogens is 318 g/mol. The Morgan fingerprint density at radius 3 is 2.21 bits per heavy atom. The van der Waals surface area contributed by atoms with E-state index in [1.807, 2.05) is 18.2 Å². The van der Waals surface area contributed by atoms with Crippen LogP contribution < -0.4 is 0 Å². The van der Waals surface area contributed by atoms with Crippen LogP contribution in [0, 0.1) is 11.3 Å². The maximum Gasteiger partial charge on any atom is 0.201 e. The summed E-state index contributed by atoms with van der Waals surface area (Å²) in [6.07, 6.45) is 4.34. The van der Waals surface area contributed by atoms with Crippen LogP contribution in [0.4, 0.5) is 0 Å². The fraction of sp³-hybridized carbons (Fsp3) is 0.250. The van der Waals surface area contributed by atoms with Gasteiger partial charge in [0.05, 0.1) is 11.0 Å². The molecule has 0 saturated carbocycles. The molecule has 1 aliphatic rings. The summed E-state index contributed by atoms with van der Waals surface area (Å²) in [5.41, 5.74) is 2.28. The molecule has 0 bridgehead atoms. The van der Waals surface area contributed by atoms with Crippen molar-refractivity contribution in [1.82, 2.24) is 0 Å². The lowest BCUT2D eigenvalue weighted by Gasteiger charge is -2.19. The Morgan fingerprint density at radius 2 is 1.58 bits per heavy atom. The summed E-state index contributed by atoms with van der Waals surface area (Å²) in [7, 11) is -3.70. The second kappa shape index (κ2) is 6.62. The molecule has 0 saturated heterocycles. The smallest absolute Gasteiger partial charge is 0.201 e. The molecule has 0 aliphatic heterocycles. The van der Waals surface area contributed by atoms with Gasteiger partial charge in [-0.25, -0.2) is 8.42 Å². The molecule has 4 heteroatoms. The van der Waals surface area contributed by atoms with Crippen LogP contribution in [0.15, 0.2) is 77.2 Å². The second-order valence-electron chi connectivity index (χ2n) is 6.11. The van der Waals surface area contributed by atoms with Crippen LogP contribution in [0.1, 0.15) is 24.8 Å².